The molecule has 1 aromatic heterocycles. The minimum absolute atomic E-state index is 0.0447. The van der Waals surface area contributed by atoms with Crippen molar-refractivity contribution in [3.05, 3.63) is 11.4 Å². The third kappa shape index (κ3) is 3.30. The molecule has 7 heteroatoms. The number of piperidine rings is 1. The molecule has 0 aliphatic carbocycles. The van der Waals surface area contributed by atoms with Crippen LogP contribution in [0.15, 0.2) is 0 Å². The number of hydrogen-bond acceptors (Lipinski definition) is 4. The number of primary amides is 1. The fraction of sp³-hybridized carbons (Fsp3) is 0.667. The van der Waals surface area contributed by atoms with Gasteiger partial charge in [-0.15, -0.1) is 0 Å². The molecule has 1 aliphatic rings. The molecule has 1 saturated heterocycles. The van der Waals surface area contributed by atoms with E-state index in [1.807, 2.05) is 27.8 Å². The minimum Gasteiger partial charge on any atom is -0.369 e. The molecule has 0 aromatic carbocycles. The Balaban J connectivity index is 1.97. The van der Waals surface area contributed by atoms with Crippen molar-refractivity contribution in [2.45, 2.75) is 39.7 Å². The summed E-state index contributed by atoms with van der Waals surface area (Å²) >= 11 is 0. The Morgan fingerprint density at radius 1 is 1.32 bits per heavy atom. The summed E-state index contributed by atoms with van der Waals surface area (Å²) in [6.07, 6.45) is 1.44. The van der Waals surface area contributed by atoms with Crippen LogP contribution in [-0.4, -0.2) is 45.6 Å². The molecule has 122 valence electrons. The van der Waals surface area contributed by atoms with Gasteiger partial charge in [0, 0.05) is 13.0 Å². The molecule has 0 saturated carbocycles. The second-order valence-electron chi connectivity index (χ2n) is 6.05. The predicted octanol–water partition coefficient (Wildman–Crippen LogP) is 0.561. The number of anilines is 1. The van der Waals surface area contributed by atoms with Gasteiger partial charge < -0.3 is 11.1 Å². The van der Waals surface area contributed by atoms with E-state index in [0.29, 0.717) is 13.1 Å². The highest BCUT2D eigenvalue weighted by Gasteiger charge is 2.29. The van der Waals surface area contributed by atoms with Crippen LogP contribution in [0.2, 0.25) is 0 Å². The molecule has 2 amide bonds. The second kappa shape index (κ2) is 6.48. The zero-order chi connectivity index (χ0) is 16.4. The van der Waals surface area contributed by atoms with E-state index in [-0.39, 0.29) is 23.8 Å². The van der Waals surface area contributed by atoms with Crippen molar-refractivity contribution in [1.29, 1.82) is 0 Å². The van der Waals surface area contributed by atoms with Crippen molar-refractivity contribution in [2.75, 3.05) is 18.4 Å². The summed E-state index contributed by atoms with van der Waals surface area (Å²) < 4.78 is 1.76. The van der Waals surface area contributed by atoms with Gasteiger partial charge in [0.05, 0.1) is 23.1 Å². The number of likely N-dealkylation sites (tertiary alicyclic amines) is 1. The zero-order valence-corrected chi connectivity index (χ0v) is 13.7. The summed E-state index contributed by atoms with van der Waals surface area (Å²) in [4.78, 5) is 25.8. The maximum absolute atomic E-state index is 12.5. The standard InChI is InChI=1S/C15H25N5O2/c1-9-13(10(2)19(4)18-9)17-15(22)11(3)20-7-5-12(6-8-20)14(16)21/h11-12H,5-8H2,1-4H3,(H2,16,21)(H,17,22)/t11-/m1/s1. The van der Waals surface area contributed by atoms with Gasteiger partial charge in [0.2, 0.25) is 11.8 Å². The van der Waals surface area contributed by atoms with Crippen LogP contribution in [0.1, 0.15) is 31.2 Å². The van der Waals surface area contributed by atoms with Crippen molar-refractivity contribution in [3.63, 3.8) is 0 Å². The zero-order valence-electron chi connectivity index (χ0n) is 13.7. The highest BCUT2D eigenvalue weighted by molar-refractivity contribution is 5.95. The number of nitrogens with zero attached hydrogens (tertiary/aromatic N) is 3. The van der Waals surface area contributed by atoms with Crippen molar-refractivity contribution in [3.8, 4) is 0 Å². The lowest BCUT2D eigenvalue weighted by Gasteiger charge is -2.34. The number of amides is 2. The van der Waals surface area contributed by atoms with E-state index in [2.05, 4.69) is 15.3 Å². The fourth-order valence-corrected chi connectivity index (χ4v) is 2.92. The van der Waals surface area contributed by atoms with E-state index in [4.69, 9.17) is 5.73 Å². The van der Waals surface area contributed by atoms with Gasteiger partial charge in [0.15, 0.2) is 0 Å². The molecule has 2 rings (SSSR count). The van der Waals surface area contributed by atoms with Crippen LogP contribution in [0.3, 0.4) is 0 Å². The minimum atomic E-state index is -0.243. The molecule has 22 heavy (non-hydrogen) atoms. The van der Waals surface area contributed by atoms with E-state index in [1.54, 1.807) is 4.68 Å². The van der Waals surface area contributed by atoms with E-state index >= 15 is 0 Å². The number of aryl methyl sites for hydroxylation is 2. The summed E-state index contributed by atoms with van der Waals surface area (Å²) in [5.74, 6) is -0.343. The summed E-state index contributed by atoms with van der Waals surface area (Å²) in [6.45, 7) is 7.13. The number of nitrogens with two attached hydrogens (primary N) is 1. The molecule has 0 bridgehead atoms. The molecule has 0 radical (unpaired) electrons. The van der Waals surface area contributed by atoms with Crippen LogP contribution in [0.5, 0.6) is 0 Å². The third-order valence-corrected chi connectivity index (χ3v) is 4.62. The molecule has 1 fully saturated rings. The number of carbonyl (C=O) groups is 2. The summed E-state index contributed by atoms with van der Waals surface area (Å²) in [5, 5.41) is 7.28. The van der Waals surface area contributed by atoms with Gasteiger partial charge >= 0.3 is 0 Å². The molecular formula is C15H25N5O2. The van der Waals surface area contributed by atoms with Gasteiger partial charge in [-0.2, -0.15) is 5.10 Å². The van der Waals surface area contributed by atoms with E-state index in [0.717, 1.165) is 29.9 Å². The van der Waals surface area contributed by atoms with E-state index in [1.165, 1.54) is 0 Å². The first-order valence-electron chi connectivity index (χ1n) is 7.65. The van der Waals surface area contributed by atoms with Gasteiger partial charge in [0.1, 0.15) is 0 Å². The van der Waals surface area contributed by atoms with Crippen molar-refractivity contribution < 1.29 is 9.59 Å². The lowest BCUT2D eigenvalue weighted by atomic mass is 9.95. The SMILES string of the molecule is Cc1nn(C)c(C)c1NC(=O)[C@@H](C)N1CCC(C(N)=O)CC1. The number of hydrogen-bond donors (Lipinski definition) is 2. The third-order valence-electron chi connectivity index (χ3n) is 4.62. The van der Waals surface area contributed by atoms with Gasteiger partial charge in [0.25, 0.3) is 0 Å². The summed E-state index contributed by atoms with van der Waals surface area (Å²) in [7, 11) is 1.86. The highest BCUT2D eigenvalue weighted by atomic mass is 16.2. The number of nitrogens with one attached hydrogen (secondary N) is 1. The lowest BCUT2D eigenvalue weighted by Crippen LogP contribution is -2.47. The number of carbonyl (C=O) groups excluding carboxylic acids is 2. The Hall–Kier alpha value is -1.89. The number of rotatable bonds is 4. The van der Waals surface area contributed by atoms with Gasteiger partial charge in [-0.25, -0.2) is 0 Å². The summed E-state index contributed by atoms with van der Waals surface area (Å²) in [6, 6.07) is -0.243. The van der Waals surface area contributed by atoms with Crippen molar-refractivity contribution >= 4 is 17.5 Å². The van der Waals surface area contributed by atoms with Crippen molar-refractivity contribution in [1.82, 2.24) is 14.7 Å². The van der Waals surface area contributed by atoms with E-state index < -0.39 is 0 Å². The smallest absolute Gasteiger partial charge is 0.241 e. The fourth-order valence-electron chi connectivity index (χ4n) is 2.92. The van der Waals surface area contributed by atoms with Gasteiger partial charge in [-0.1, -0.05) is 0 Å². The van der Waals surface area contributed by atoms with Crippen LogP contribution in [0.4, 0.5) is 5.69 Å². The predicted molar refractivity (Wildman–Crippen MR) is 84.3 cm³/mol. The van der Waals surface area contributed by atoms with E-state index in [9.17, 15) is 9.59 Å². The molecule has 7 nitrogen and oxygen atoms in total. The first kappa shape index (κ1) is 16.5. The molecular weight excluding hydrogens is 282 g/mol. The molecule has 1 atom stereocenters. The molecule has 1 aromatic rings. The largest absolute Gasteiger partial charge is 0.369 e. The van der Waals surface area contributed by atoms with Gasteiger partial charge in [-0.05, 0) is 46.7 Å². The lowest BCUT2D eigenvalue weighted by molar-refractivity contribution is -0.124. The Kier molecular flexibility index (Phi) is 4.85. The topological polar surface area (TPSA) is 93.2 Å². The van der Waals surface area contributed by atoms with Crippen LogP contribution < -0.4 is 11.1 Å². The first-order valence-corrected chi connectivity index (χ1v) is 7.65. The quantitative estimate of drug-likeness (QED) is 0.850. The van der Waals surface area contributed by atoms with Gasteiger partial charge in [-0.3, -0.25) is 19.2 Å². The number of aromatic nitrogens is 2. The van der Waals surface area contributed by atoms with Crippen LogP contribution in [-0.2, 0) is 16.6 Å². The molecule has 0 unspecified atom stereocenters. The molecule has 1 aliphatic heterocycles. The Bertz CT molecular complexity index is 573. The first-order chi connectivity index (χ1) is 10.3. The van der Waals surface area contributed by atoms with Crippen LogP contribution in [0, 0.1) is 19.8 Å². The summed E-state index contributed by atoms with van der Waals surface area (Å²) in [5.41, 5.74) is 7.87. The molecule has 0 spiro atoms. The monoisotopic (exact) mass is 307 g/mol. The maximum Gasteiger partial charge on any atom is 0.241 e. The maximum atomic E-state index is 12.5. The Morgan fingerprint density at radius 2 is 1.91 bits per heavy atom. The Labute approximate surface area is 130 Å². The normalized spacial score (nSPS) is 18.2. The molecule has 3 N–H and O–H groups in total. The molecule has 2 heterocycles. The van der Waals surface area contributed by atoms with Crippen LogP contribution in [0.25, 0.3) is 0 Å². The van der Waals surface area contributed by atoms with Crippen molar-refractivity contribution in [2.24, 2.45) is 18.7 Å². The average molecular weight is 307 g/mol. The average Bonchev–Trinajstić information content (AvgIpc) is 2.73. The van der Waals surface area contributed by atoms with Crippen LogP contribution >= 0.6 is 0 Å². The Morgan fingerprint density at radius 3 is 2.36 bits per heavy atom. The second-order valence-corrected chi connectivity index (χ2v) is 6.05. The highest BCUT2D eigenvalue weighted by Crippen LogP contribution is 2.21.